The van der Waals surface area contributed by atoms with Gasteiger partial charge >= 0.3 is 0 Å². The summed E-state index contributed by atoms with van der Waals surface area (Å²) in [6.07, 6.45) is 18.1. The van der Waals surface area contributed by atoms with Crippen LogP contribution in [0, 0.1) is 0 Å². The summed E-state index contributed by atoms with van der Waals surface area (Å²) in [6.45, 7) is 2.28. The molecule has 1 heteroatoms. The summed E-state index contributed by atoms with van der Waals surface area (Å²) in [5.41, 5.74) is 1.72. The molecule has 0 fully saturated rings. The lowest BCUT2D eigenvalue weighted by molar-refractivity contribution is -0.111. The van der Waals surface area contributed by atoms with E-state index in [1.165, 1.54) is 76.9 Å². The van der Waals surface area contributed by atoms with E-state index in [1.54, 1.807) is 0 Å². The smallest absolute Gasteiger partial charge is 0.134 e. The van der Waals surface area contributed by atoms with Crippen LogP contribution in [0.3, 0.4) is 0 Å². The summed E-state index contributed by atoms with van der Waals surface area (Å²) in [5.74, 6) is 0. The largest absolute Gasteiger partial charge is 0.302 e. The zero-order valence-corrected chi connectivity index (χ0v) is 18.5. The maximum Gasteiger partial charge on any atom is 0.134 e. The van der Waals surface area contributed by atoms with Gasteiger partial charge in [-0.05, 0) is 17.5 Å². The Morgan fingerprint density at radius 1 is 0.586 bits per heavy atom. The zero-order valence-electron chi connectivity index (χ0n) is 18.5. The monoisotopic (exact) mass is 392 g/mol. The quantitative estimate of drug-likeness (QED) is 0.207. The minimum absolute atomic E-state index is 0.513. The van der Waals surface area contributed by atoms with Crippen LogP contribution in [0.4, 0.5) is 0 Å². The van der Waals surface area contributed by atoms with E-state index < -0.39 is 5.41 Å². The minimum atomic E-state index is -0.513. The fourth-order valence-corrected chi connectivity index (χ4v) is 4.37. The Bertz CT molecular complexity index is 607. The molecule has 0 heterocycles. The maximum atomic E-state index is 12.4. The third-order valence-corrected chi connectivity index (χ3v) is 6.20. The minimum Gasteiger partial charge on any atom is -0.302 e. The summed E-state index contributed by atoms with van der Waals surface area (Å²) >= 11 is 0. The third kappa shape index (κ3) is 7.80. The van der Waals surface area contributed by atoms with E-state index in [4.69, 9.17) is 0 Å². The fraction of sp³-hybridized carbons (Fsp3) is 0.536. The summed E-state index contributed by atoms with van der Waals surface area (Å²) in [7, 11) is 0. The molecule has 0 aliphatic carbocycles. The zero-order chi connectivity index (χ0) is 20.6. The first kappa shape index (κ1) is 23.4. The molecule has 158 valence electrons. The normalized spacial score (nSPS) is 11.5. The second kappa shape index (κ2) is 14.1. The molecule has 0 amide bonds. The second-order valence-electron chi connectivity index (χ2n) is 8.46. The molecule has 2 aromatic rings. The first-order chi connectivity index (χ1) is 14.3. The molecule has 0 saturated carbocycles. The van der Waals surface area contributed by atoms with Crippen LogP contribution in [0.5, 0.6) is 0 Å². The van der Waals surface area contributed by atoms with Crippen molar-refractivity contribution in [1.82, 2.24) is 0 Å². The van der Waals surface area contributed by atoms with Gasteiger partial charge in [0.25, 0.3) is 0 Å². The van der Waals surface area contributed by atoms with E-state index >= 15 is 0 Å². The van der Waals surface area contributed by atoms with Gasteiger partial charge < -0.3 is 4.79 Å². The average Bonchev–Trinajstić information content (AvgIpc) is 2.78. The Hall–Kier alpha value is -1.89. The Labute approximate surface area is 178 Å². The highest BCUT2D eigenvalue weighted by Crippen LogP contribution is 2.35. The van der Waals surface area contributed by atoms with Gasteiger partial charge in [0.15, 0.2) is 0 Å². The summed E-state index contributed by atoms with van der Waals surface area (Å²) in [5, 5.41) is 0. The van der Waals surface area contributed by atoms with Crippen molar-refractivity contribution in [2.75, 3.05) is 0 Å². The van der Waals surface area contributed by atoms with Gasteiger partial charge in [-0.2, -0.15) is 0 Å². The molecular formula is C28H40O. The van der Waals surface area contributed by atoms with Crippen molar-refractivity contribution >= 4 is 6.29 Å². The van der Waals surface area contributed by atoms with Gasteiger partial charge in [-0.25, -0.2) is 0 Å². The molecule has 0 bridgehead atoms. The molecule has 0 spiro atoms. The summed E-state index contributed by atoms with van der Waals surface area (Å²) in [6, 6.07) is 20.6. The van der Waals surface area contributed by atoms with Crippen molar-refractivity contribution in [1.29, 1.82) is 0 Å². The van der Waals surface area contributed by atoms with Crippen LogP contribution in [0.2, 0.25) is 0 Å². The van der Waals surface area contributed by atoms with Crippen molar-refractivity contribution in [2.24, 2.45) is 0 Å². The summed E-state index contributed by atoms with van der Waals surface area (Å²) in [4.78, 5) is 12.4. The van der Waals surface area contributed by atoms with Gasteiger partial charge in [0.05, 0.1) is 5.41 Å². The van der Waals surface area contributed by atoms with Gasteiger partial charge in [-0.1, -0.05) is 145 Å². The van der Waals surface area contributed by atoms with Gasteiger partial charge in [0, 0.05) is 0 Å². The Kier molecular flexibility index (Phi) is 11.4. The van der Waals surface area contributed by atoms with Crippen LogP contribution < -0.4 is 0 Å². The van der Waals surface area contributed by atoms with Crippen LogP contribution in [0.25, 0.3) is 0 Å². The third-order valence-electron chi connectivity index (χ3n) is 6.20. The van der Waals surface area contributed by atoms with Crippen molar-refractivity contribution in [3.63, 3.8) is 0 Å². The summed E-state index contributed by atoms with van der Waals surface area (Å²) < 4.78 is 0. The number of unbranched alkanes of at least 4 members (excludes halogenated alkanes) is 11. The number of carbonyl (C=O) groups excluding carboxylic acids is 1. The van der Waals surface area contributed by atoms with Gasteiger partial charge in [0.2, 0.25) is 0 Å². The Morgan fingerprint density at radius 3 is 1.34 bits per heavy atom. The predicted octanol–water partition coefficient (Wildman–Crippen LogP) is 8.26. The van der Waals surface area contributed by atoms with Crippen LogP contribution in [-0.2, 0) is 10.2 Å². The van der Waals surface area contributed by atoms with Crippen molar-refractivity contribution in [2.45, 2.75) is 95.8 Å². The van der Waals surface area contributed by atoms with Crippen molar-refractivity contribution in [3.8, 4) is 0 Å². The van der Waals surface area contributed by atoms with E-state index in [0.29, 0.717) is 0 Å². The van der Waals surface area contributed by atoms with Crippen LogP contribution in [-0.4, -0.2) is 6.29 Å². The molecule has 0 aromatic heterocycles. The number of carbonyl (C=O) groups is 1. The lowest BCUT2D eigenvalue weighted by Crippen LogP contribution is -2.29. The van der Waals surface area contributed by atoms with E-state index in [-0.39, 0.29) is 0 Å². The Morgan fingerprint density at radius 2 is 0.966 bits per heavy atom. The molecule has 0 aliphatic rings. The molecule has 0 saturated heterocycles. The highest BCUT2D eigenvalue weighted by Gasteiger charge is 2.33. The lowest BCUT2D eigenvalue weighted by atomic mass is 9.72. The Balaban J connectivity index is 1.75. The van der Waals surface area contributed by atoms with Crippen LogP contribution in [0.1, 0.15) is 102 Å². The molecule has 1 nitrogen and oxygen atoms in total. The van der Waals surface area contributed by atoms with Crippen molar-refractivity contribution in [3.05, 3.63) is 71.8 Å². The number of benzene rings is 2. The second-order valence-corrected chi connectivity index (χ2v) is 8.46. The topological polar surface area (TPSA) is 17.1 Å². The van der Waals surface area contributed by atoms with E-state index in [9.17, 15) is 4.79 Å². The molecule has 0 atom stereocenters. The first-order valence-electron chi connectivity index (χ1n) is 11.9. The molecular weight excluding hydrogens is 352 g/mol. The van der Waals surface area contributed by atoms with Gasteiger partial charge in [-0.3, -0.25) is 0 Å². The molecule has 0 aliphatic heterocycles. The molecule has 0 unspecified atom stereocenters. The van der Waals surface area contributed by atoms with Crippen molar-refractivity contribution < 1.29 is 4.79 Å². The van der Waals surface area contributed by atoms with Gasteiger partial charge in [-0.15, -0.1) is 0 Å². The van der Waals surface area contributed by atoms with E-state index in [2.05, 4.69) is 31.2 Å². The highest BCUT2D eigenvalue weighted by atomic mass is 16.1. The van der Waals surface area contributed by atoms with E-state index in [0.717, 1.165) is 24.0 Å². The van der Waals surface area contributed by atoms with Gasteiger partial charge in [0.1, 0.15) is 6.29 Å². The van der Waals surface area contributed by atoms with Crippen LogP contribution in [0.15, 0.2) is 60.7 Å². The molecule has 29 heavy (non-hydrogen) atoms. The number of rotatable bonds is 16. The lowest BCUT2D eigenvalue weighted by Gasteiger charge is -2.29. The van der Waals surface area contributed by atoms with E-state index in [1.807, 2.05) is 36.4 Å². The standard InChI is InChI=1S/C28H40O/c1-2-3-4-5-6-7-8-9-10-11-12-19-24-28(25-29,26-20-15-13-16-21-26)27-22-17-14-18-23-27/h13-18,20-23,25H,2-12,19,24H2,1H3. The molecule has 0 N–H and O–H groups in total. The number of aldehydes is 1. The molecule has 2 aromatic carbocycles. The SMILES string of the molecule is CCCCCCCCCCCCCCC(C=O)(c1ccccc1)c1ccccc1. The van der Waals surface area contributed by atoms with Crippen LogP contribution >= 0.6 is 0 Å². The first-order valence-corrected chi connectivity index (χ1v) is 11.9. The fourth-order valence-electron chi connectivity index (χ4n) is 4.37. The predicted molar refractivity (Wildman–Crippen MR) is 125 cm³/mol. The number of hydrogen-bond acceptors (Lipinski definition) is 1. The molecule has 0 radical (unpaired) electrons. The maximum absolute atomic E-state index is 12.4. The highest BCUT2D eigenvalue weighted by molar-refractivity contribution is 5.75. The number of hydrogen-bond donors (Lipinski definition) is 0. The average molecular weight is 393 g/mol. The molecule has 2 rings (SSSR count).